The summed E-state index contributed by atoms with van der Waals surface area (Å²) in [5, 5.41) is 6.47. The molecule has 0 unspecified atom stereocenters. The molecule has 2 aromatic carbocycles. The number of benzene rings is 2. The lowest BCUT2D eigenvalue weighted by Crippen LogP contribution is -2.40. The summed E-state index contributed by atoms with van der Waals surface area (Å²) in [6, 6.07) is 17.9. The summed E-state index contributed by atoms with van der Waals surface area (Å²) in [4.78, 5) is 12.6. The van der Waals surface area contributed by atoms with Crippen LogP contribution in [0.1, 0.15) is 25.3 Å². The second kappa shape index (κ2) is 7.97. The van der Waals surface area contributed by atoms with Gasteiger partial charge in [0.15, 0.2) is 0 Å². The van der Waals surface area contributed by atoms with Crippen molar-refractivity contribution >= 4 is 11.6 Å². The minimum absolute atomic E-state index is 0.0735. The van der Waals surface area contributed by atoms with Gasteiger partial charge >= 0.3 is 0 Å². The van der Waals surface area contributed by atoms with E-state index in [1.807, 2.05) is 54.6 Å². The monoisotopic (exact) mass is 324 g/mol. The molecule has 4 nitrogen and oxygen atoms in total. The van der Waals surface area contributed by atoms with E-state index in [1.165, 1.54) is 0 Å². The topological polar surface area (TPSA) is 50.4 Å². The highest BCUT2D eigenvalue weighted by molar-refractivity contribution is 5.93. The predicted octanol–water partition coefficient (Wildman–Crippen LogP) is 3.59. The van der Waals surface area contributed by atoms with Gasteiger partial charge in [-0.25, -0.2) is 0 Å². The SMILES string of the molecule is C[C@H]1C[C@@H](C(=O)Nc2ccccc2COc2ccccc2)CCN1. The standard InChI is InChI=1S/C20H24N2O2/c1-15-13-16(11-12-21-15)20(23)22-19-10-6-5-7-17(19)14-24-18-8-3-2-4-9-18/h2-10,15-16,21H,11-14H2,1H3,(H,22,23)/t15-,16-/m0/s1. The van der Waals surface area contributed by atoms with Crippen molar-refractivity contribution in [1.29, 1.82) is 0 Å². The van der Waals surface area contributed by atoms with Gasteiger partial charge in [0.05, 0.1) is 0 Å². The smallest absolute Gasteiger partial charge is 0.227 e. The summed E-state index contributed by atoms with van der Waals surface area (Å²) in [6.45, 7) is 3.46. The van der Waals surface area contributed by atoms with Crippen molar-refractivity contribution in [2.75, 3.05) is 11.9 Å². The van der Waals surface area contributed by atoms with E-state index in [9.17, 15) is 4.79 Å². The number of carbonyl (C=O) groups excluding carboxylic acids is 1. The van der Waals surface area contributed by atoms with E-state index in [2.05, 4.69) is 17.6 Å². The Labute approximate surface area is 143 Å². The Kier molecular flexibility index (Phi) is 5.49. The molecule has 1 amide bonds. The van der Waals surface area contributed by atoms with E-state index < -0.39 is 0 Å². The molecular weight excluding hydrogens is 300 g/mol. The lowest BCUT2D eigenvalue weighted by atomic mass is 9.92. The average molecular weight is 324 g/mol. The van der Waals surface area contributed by atoms with E-state index in [1.54, 1.807) is 0 Å². The summed E-state index contributed by atoms with van der Waals surface area (Å²) in [7, 11) is 0. The molecule has 0 bridgehead atoms. The van der Waals surface area contributed by atoms with Crippen LogP contribution in [-0.4, -0.2) is 18.5 Å². The fraction of sp³-hybridized carbons (Fsp3) is 0.350. The normalized spacial score (nSPS) is 20.4. The van der Waals surface area contributed by atoms with Crippen molar-refractivity contribution in [3.8, 4) is 5.75 Å². The zero-order chi connectivity index (χ0) is 16.8. The zero-order valence-corrected chi connectivity index (χ0v) is 14.0. The molecule has 4 heteroatoms. The molecule has 126 valence electrons. The number of nitrogens with one attached hydrogen (secondary N) is 2. The van der Waals surface area contributed by atoms with Crippen molar-refractivity contribution in [2.45, 2.75) is 32.4 Å². The number of hydrogen-bond donors (Lipinski definition) is 2. The van der Waals surface area contributed by atoms with Gasteiger partial charge in [0, 0.05) is 23.2 Å². The second-order valence-corrected chi connectivity index (χ2v) is 6.32. The number of ether oxygens (including phenoxy) is 1. The molecule has 0 saturated carbocycles. The van der Waals surface area contributed by atoms with E-state index in [0.29, 0.717) is 12.6 Å². The van der Waals surface area contributed by atoms with Gasteiger partial charge in [-0.1, -0.05) is 36.4 Å². The van der Waals surface area contributed by atoms with Crippen LogP contribution in [0.15, 0.2) is 54.6 Å². The van der Waals surface area contributed by atoms with Crippen LogP contribution in [0.3, 0.4) is 0 Å². The molecule has 2 N–H and O–H groups in total. The highest BCUT2D eigenvalue weighted by atomic mass is 16.5. The number of piperidine rings is 1. The molecule has 1 saturated heterocycles. The minimum Gasteiger partial charge on any atom is -0.489 e. The quantitative estimate of drug-likeness (QED) is 0.883. The van der Waals surface area contributed by atoms with Crippen LogP contribution >= 0.6 is 0 Å². The van der Waals surface area contributed by atoms with Gasteiger partial charge in [0.25, 0.3) is 0 Å². The first-order chi connectivity index (χ1) is 11.7. The first-order valence-corrected chi connectivity index (χ1v) is 8.52. The minimum atomic E-state index is 0.0735. The molecular formula is C20H24N2O2. The summed E-state index contributed by atoms with van der Waals surface area (Å²) < 4.78 is 5.82. The highest BCUT2D eigenvalue weighted by Gasteiger charge is 2.25. The molecule has 0 radical (unpaired) electrons. The average Bonchev–Trinajstić information content (AvgIpc) is 2.62. The van der Waals surface area contributed by atoms with Crippen LogP contribution in [0, 0.1) is 5.92 Å². The van der Waals surface area contributed by atoms with Gasteiger partial charge in [-0.3, -0.25) is 4.79 Å². The Morgan fingerprint density at radius 1 is 1.17 bits per heavy atom. The number of carbonyl (C=O) groups is 1. The van der Waals surface area contributed by atoms with Crippen molar-refractivity contribution in [3.05, 3.63) is 60.2 Å². The van der Waals surface area contributed by atoms with Gasteiger partial charge < -0.3 is 15.4 Å². The van der Waals surface area contributed by atoms with Crippen LogP contribution in [-0.2, 0) is 11.4 Å². The molecule has 1 aliphatic rings. The van der Waals surface area contributed by atoms with Crippen molar-refractivity contribution in [2.24, 2.45) is 5.92 Å². The number of hydrogen-bond acceptors (Lipinski definition) is 3. The Morgan fingerprint density at radius 3 is 2.71 bits per heavy atom. The van der Waals surface area contributed by atoms with Crippen molar-refractivity contribution in [3.63, 3.8) is 0 Å². The Hall–Kier alpha value is -2.33. The molecule has 0 aliphatic carbocycles. The van der Waals surface area contributed by atoms with Gasteiger partial charge in [0.1, 0.15) is 12.4 Å². The molecule has 3 rings (SSSR count). The summed E-state index contributed by atoms with van der Waals surface area (Å²) in [5.41, 5.74) is 1.82. The Morgan fingerprint density at radius 2 is 1.92 bits per heavy atom. The van der Waals surface area contributed by atoms with E-state index in [0.717, 1.165) is 36.4 Å². The molecule has 1 heterocycles. The lowest BCUT2D eigenvalue weighted by molar-refractivity contribution is -0.120. The molecule has 1 fully saturated rings. The van der Waals surface area contributed by atoms with Crippen LogP contribution in [0.2, 0.25) is 0 Å². The molecule has 24 heavy (non-hydrogen) atoms. The summed E-state index contributed by atoms with van der Waals surface area (Å²) in [6.07, 6.45) is 1.77. The van der Waals surface area contributed by atoms with Crippen LogP contribution < -0.4 is 15.4 Å². The van der Waals surface area contributed by atoms with Crippen LogP contribution in [0.4, 0.5) is 5.69 Å². The fourth-order valence-electron chi connectivity index (χ4n) is 3.05. The first kappa shape index (κ1) is 16.5. The molecule has 0 aromatic heterocycles. The Balaban J connectivity index is 1.64. The number of para-hydroxylation sites is 2. The van der Waals surface area contributed by atoms with E-state index in [4.69, 9.17) is 4.74 Å². The molecule has 0 spiro atoms. The third kappa shape index (κ3) is 4.36. The maximum Gasteiger partial charge on any atom is 0.227 e. The largest absolute Gasteiger partial charge is 0.489 e. The maximum atomic E-state index is 12.6. The van der Waals surface area contributed by atoms with Gasteiger partial charge in [-0.2, -0.15) is 0 Å². The van der Waals surface area contributed by atoms with Crippen molar-refractivity contribution < 1.29 is 9.53 Å². The zero-order valence-electron chi connectivity index (χ0n) is 14.0. The third-order valence-corrected chi connectivity index (χ3v) is 4.41. The van der Waals surface area contributed by atoms with Gasteiger partial charge in [0.2, 0.25) is 5.91 Å². The van der Waals surface area contributed by atoms with Gasteiger partial charge in [-0.05, 0) is 44.5 Å². The van der Waals surface area contributed by atoms with Crippen molar-refractivity contribution in [1.82, 2.24) is 5.32 Å². The van der Waals surface area contributed by atoms with E-state index >= 15 is 0 Å². The van der Waals surface area contributed by atoms with Crippen LogP contribution in [0.25, 0.3) is 0 Å². The number of amides is 1. The summed E-state index contributed by atoms with van der Waals surface area (Å²) >= 11 is 0. The fourth-order valence-corrected chi connectivity index (χ4v) is 3.05. The number of rotatable bonds is 5. The Bertz CT molecular complexity index is 672. The third-order valence-electron chi connectivity index (χ3n) is 4.41. The predicted molar refractivity (Wildman–Crippen MR) is 96.0 cm³/mol. The lowest BCUT2D eigenvalue weighted by Gasteiger charge is -2.27. The molecule has 2 atom stereocenters. The number of anilines is 1. The molecule has 2 aromatic rings. The van der Waals surface area contributed by atoms with Gasteiger partial charge in [-0.15, -0.1) is 0 Å². The first-order valence-electron chi connectivity index (χ1n) is 8.52. The molecule has 1 aliphatic heterocycles. The second-order valence-electron chi connectivity index (χ2n) is 6.32. The van der Waals surface area contributed by atoms with Crippen LogP contribution in [0.5, 0.6) is 5.75 Å². The summed E-state index contributed by atoms with van der Waals surface area (Å²) in [5.74, 6) is 1.01. The highest BCUT2D eigenvalue weighted by Crippen LogP contribution is 2.22. The maximum absolute atomic E-state index is 12.6. The van der Waals surface area contributed by atoms with E-state index in [-0.39, 0.29) is 11.8 Å².